The van der Waals surface area contributed by atoms with Gasteiger partial charge in [0.2, 0.25) is 0 Å². The summed E-state index contributed by atoms with van der Waals surface area (Å²) in [4.78, 5) is 21.2. The topological polar surface area (TPSA) is 34.1 Å². The van der Waals surface area contributed by atoms with Crippen LogP contribution in [0.2, 0.25) is 0 Å². The minimum absolute atomic E-state index is 0.112. The van der Waals surface area contributed by atoms with Gasteiger partial charge in [0.1, 0.15) is 11.6 Å². The number of hydrogen-bond donors (Lipinski definition) is 0. The monoisotopic (exact) mass is 268 g/mol. The number of halogens is 2. The van der Waals surface area contributed by atoms with Crippen LogP contribution in [0.1, 0.15) is 12.8 Å². The van der Waals surface area contributed by atoms with Crippen LogP contribution in [0.3, 0.4) is 0 Å². The summed E-state index contributed by atoms with van der Waals surface area (Å²) in [7, 11) is 0. The number of alkyl halides is 2. The normalized spacial score (nSPS) is 34.6. The molecule has 0 aromatic carbocycles. The minimum Gasteiger partial charge on any atom is -0.298 e. The van der Waals surface area contributed by atoms with Crippen LogP contribution in [0.5, 0.6) is 0 Å². The third-order valence-corrected chi connectivity index (χ3v) is 4.28. The standard InChI is InChI=1S/C6H6Br2O2/c7-5-3(9)1-2-4(10)6(5)8/h5-6H,1-2H2. The molecule has 0 bridgehead atoms. The zero-order valence-electron chi connectivity index (χ0n) is 5.14. The number of hydrogen-bond acceptors (Lipinski definition) is 2. The highest BCUT2D eigenvalue weighted by Crippen LogP contribution is 2.24. The Morgan fingerprint density at radius 2 is 1.30 bits per heavy atom. The van der Waals surface area contributed by atoms with Crippen LogP contribution in [0.15, 0.2) is 0 Å². The molecule has 0 saturated heterocycles. The molecule has 2 unspecified atom stereocenters. The third-order valence-electron chi connectivity index (χ3n) is 1.49. The smallest absolute Gasteiger partial charge is 0.148 e. The second-order valence-electron chi connectivity index (χ2n) is 2.24. The van der Waals surface area contributed by atoms with E-state index in [1.54, 1.807) is 0 Å². The summed E-state index contributed by atoms with van der Waals surface area (Å²) in [5.74, 6) is 0.225. The first-order valence-corrected chi connectivity index (χ1v) is 4.79. The Morgan fingerprint density at radius 3 is 1.60 bits per heavy atom. The fraction of sp³-hybridized carbons (Fsp3) is 0.667. The van der Waals surface area contributed by atoms with Crippen molar-refractivity contribution < 1.29 is 9.59 Å². The number of rotatable bonds is 0. The van der Waals surface area contributed by atoms with E-state index in [4.69, 9.17) is 0 Å². The molecule has 0 aromatic rings. The van der Waals surface area contributed by atoms with E-state index in [0.29, 0.717) is 12.8 Å². The van der Waals surface area contributed by atoms with Crippen molar-refractivity contribution in [2.24, 2.45) is 0 Å². The molecule has 4 heteroatoms. The molecular formula is C6H6Br2O2. The molecule has 1 aliphatic rings. The lowest BCUT2D eigenvalue weighted by atomic mass is 9.98. The molecular weight excluding hydrogens is 264 g/mol. The number of carbonyl (C=O) groups is 2. The molecule has 2 atom stereocenters. The Bertz CT molecular complexity index is 159. The van der Waals surface area contributed by atoms with Gasteiger partial charge in [-0.3, -0.25) is 9.59 Å². The first kappa shape index (κ1) is 8.40. The molecule has 56 valence electrons. The summed E-state index contributed by atoms with van der Waals surface area (Å²) in [5.41, 5.74) is 0. The van der Waals surface area contributed by atoms with E-state index in [1.807, 2.05) is 0 Å². The van der Waals surface area contributed by atoms with Crippen molar-refractivity contribution in [3.05, 3.63) is 0 Å². The van der Waals surface area contributed by atoms with Crippen LogP contribution in [-0.4, -0.2) is 21.2 Å². The lowest BCUT2D eigenvalue weighted by Crippen LogP contribution is -2.36. The summed E-state index contributed by atoms with van der Waals surface area (Å²) in [6, 6.07) is 0. The molecule has 1 fully saturated rings. The molecule has 0 spiro atoms. The molecule has 0 heterocycles. The fourth-order valence-corrected chi connectivity index (χ4v) is 1.90. The molecule has 1 rings (SSSR count). The van der Waals surface area contributed by atoms with Gasteiger partial charge in [0, 0.05) is 12.8 Å². The molecule has 0 aromatic heterocycles. The van der Waals surface area contributed by atoms with E-state index in [2.05, 4.69) is 31.9 Å². The molecule has 1 saturated carbocycles. The maximum absolute atomic E-state index is 10.9. The highest BCUT2D eigenvalue weighted by molar-refractivity contribution is 9.12. The van der Waals surface area contributed by atoms with Crippen LogP contribution in [0.25, 0.3) is 0 Å². The SMILES string of the molecule is O=C1CCC(=O)C(Br)C1Br. The second kappa shape index (κ2) is 3.13. The van der Waals surface area contributed by atoms with Gasteiger partial charge in [-0.25, -0.2) is 0 Å². The Kier molecular flexibility index (Phi) is 2.63. The predicted molar refractivity (Wildman–Crippen MR) is 44.7 cm³/mol. The summed E-state index contributed by atoms with van der Waals surface area (Å²) < 4.78 is 0. The average Bonchev–Trinajstić information content (AvgIpc) is 1.93. The molecule has 0 aliphatic heterocycles. The average molecular weight is 270 g/mol. The molecule has 0 radical (unpaired) electrons. The Balaban J connectivity index is 2.69. The Labute approximate surface area is 75.6 Å². The number of carbonyl (C=O) groups excluding carboxylic acids is 2. The second-order valence-corrected chi connectivity index (χ2v) is 4.21. The number of Topliss-reactive ketones (excluding diaryl/α,β-unsaturated/α-hetero) is 2. The van der Waals surface area contributed by atoms with Crippen LogP contribution in [0, 0.1) is 0 Å². The van der Waals surface area contributed by atoms with Crippen molar-refractivity contribution in [1.82, 2.24) is 0 Å². The first-order valence-electron chi connectivity index (χ1n) is 2.96. The van der Waals surface area contributed by atoms with Gasteiger partial charge in [0.15, 0.2) is 0 Å². The molecule has 10 heavy (non-hydrogen) atoms. The van der Waals surface area contributed by atoms with Gasteiger partial charge in [-0.1, -0.05) is 31.9 Å². The highest BCUT2D eigenvalue weighted by atomic mass is 79.9. The largest absolute Gasteiger partial charge is 0.298 e. The van der Waals surface area contributed by atoms with Gasteiger partial charge >= 0.3 is 0 Å². The van der Waals surface area contributed by atoms with E-state index in [1.165, 1.54) is 0 Å². The predicted octanol–water partition coefficient (Wildman–Crippen LogP) is 1.45. The minimum atomic E-state index is -0.311. The quantitative estimate of drug-likeness (QED) is 0.624. The van der Waals surface area contributed by atoms with E-state index < -0.39 is 0 Å². The van der Waals surface area contributed by atoms with Gasteiger partial charge in [0.05, 0.1) is 9.65 Å². The van der Waals surface area contributed by atoms with E-state index in [9.17, 15) is 9.59 Å². The van der Waals surface area contributed by atoms with Gasteiger partial charge in [-0.2, -0.15) is 0 Å². The molecule has 1 aliphatic carbocycles. The maximum atomic E-state index is 10.9. The van der Waals surface area contributed by atoms with Gasteiger partial charge < -0.3 is 0 Å². The Morgan fingerprint density at radius 1 is 1.00 bits per heavy atom. The first-order chi connectivity index (χ1) is 4.63. The maximum Gasteiger partial charge on any atom is 0.148 e. The van der Waals surface area contributed by atoms with Crippen LogP contribution < -0.4 is 0 Å². The zero-order chi connectivity index (χ0) is 7.72. The Hall–Kier alpha value is 0.300. The lowest BCUT2D eigenvalue weighted by molar-refractivity contribution is -0.127. The zero-order valence-corrected chi connectivity index (χ0v) is 8.31. The van der Waals surface area contributed by atoms with Crippen molar-refractivity contribution in [3.63, 3.8) is 0 Å². The summed E-state index contributed by atoms with van der Waals surface area (Å²) in [6.07, 6.45) is 0.772. The van der Waals surface area contributed by atoms with Crippen molar-refractivity contribution in [3.8, 4) is 0 Å². The lowest BCUT2D eigenvalue weighted by Gasteiger charge is -2.19. The van der Waals surface area contributed by atoms with Crippen molar-refractivity contribution >= 4 is 43.4 Å². The summed E-state index contributed by atoms with van der Waals surface area (Å²) in [6.45, 7) is 0. The molecule has 0 N–H and O–H groups in total. The van der Waals surface area contributed by atoms with Gasteiger partial charge in [-0.15, -0.1) is 0 Å². The molecule has 0 amide bonds. The van der Waals surface area contributed by atoms with E-state index in [0.717, 1.165) is 0 Å². The van der Waals surface area contributed by atoms with Crippen LogP contribution in [-0.2, 0) is 9.59 Å². The van der Waals surface area contributed by atoms with E-state index >= 15 is 0 Å². The summed E-state index contributed by atoms with van der Waals surface area (Å²) >= 11 is 6.28. The van der Waals surface area contributed by atoms with Crippen LogP contribution >= 0.6 is 31.9 Å². The molecule has 2 nitrogen and oxygen atoms in total. The van der Waals surface area contributed by atoms with Crippen molar-refractivity contribution in [2.75, 3.05) is 0 Å². The third kappa shape index (κ3) is 1.48. The number of ketones is 2. The van der Waals surface area contributed by atoms with Crippen molar-refractivity contribution in [2.45, 2.75) is 22.5 Å². The van der Waals surface area contributed by atoms with Gasteiger partial charge in [0.25, 0.3) is 0 Å². The van der Waals surface area contributed by atoms with E-state index in [-0.39, 0.29) is 21.2 Å². The van der Waals surface area contributed by atoms with Crippen molar-refractivity contribution in [1.29, 1.82) is 0 Å². The van der Waals surface area contributed by atoms with Crippen LogP contribution in [0.4, 0.5) is 0 Å². The fourth-order valence-electron chi connectivity index (χ4n) is 0.849. The highest BCUT2D eigenvalue weighted by Gasteiger charge is 2.33. The summed E-state index contributed by atoms with van der Waals surface area (Å²) in [5, 5.41) is 0. The van der Waals surface area contributed by atoms with Gasteiger partial charge in [-0.05, 0) is 0 Å².